The Morgan fingerprint density at radius 2 is 1.84 bits per heavy atom. The molecule has 1 saturated carbocycles. The van der Waals surface area contributed by atoms with Crippen molar-refractivity contribution >= 4 is 0 Å². The van der Waals surface area contributed by atoms with E-state index in [4.69, 9.17) is 4.98 Å². The van der Waals surface area contributed by atoms with Crippen molar-refractivity contribution in [2.24, 2.45) is 5.41 Å². The molecular formula is C26H25F2N7O2. The first-order valence-corrected chi connectivity index (χ1v) is 12.1. The third-order valence-corrected chi connectivity index (χ3v) is 8.12. The standard InChI is InChI=1S/C26H25F2N7O2/c1-13(36)21(37)23-30-12-35(34-23)24-29-10-8-19(31-24)26-9-7-15(25(26,2)3)14-11-18(32-33-22(14)26)20-16(27)5-4-6-17(20)28/h4-6,8,10-13,15,21,36-37H,7,9H2,1-3H3/t13-,15+,21-,26+/m1/s1. The number of benzene rings is 1. The molecular weight excluding hydrogens is 480 g/mol. The van der Waals surface area contributed by atoms with Crippen LogP contribution in [0.25, 0.3) is 17.2 Å². The fourth-order valence-electron chi connectivity index (χ4n) is 6.18. The quantitative estimate of drug-likeness (QED) is 0.423. The molecule has 4 aromatic rings. The van der Waals surface area contributed by atoms with Gasteiger partial charge in [-0.05, 0) is 60.9 Å². The van der Waals surface area contributed by atoms with Gasteiger partial charge in [-0.1, -0.05) is 19.9 Å². The molecule has 3 aromatic heterocycles. The smallest absolute Gasteiger partial charge is 0.252 e. The molecule has 9 nitrogen and oxygen atoms in total. The maximum absolute atomic E-state index is 14.5. The molecule has 0 amide bonds. The third kappa shape index (κ3) is 3.27. The maximum atomic E-state index is 14.5. The van der Waals surface area contributed by atoms with Crippen LogP contribution in [0, 0.1) is 17.0 Å². The second-order valence-corrected chi connectivity index (χ2v) is 10.3. The number of hydrogen-bond acceptors (Lipinski definition) is 8. The van der Waals surface area contributed by atoms with Gasteiger partial charge in [0.15, 0.2) is 5.82 Å². The van der Waals surface area contributed by atoms with Crippen LogP contribution in [-0.4, -0.2) is 51.2 Å². The van der Waals surface area contributed by atoms with E-state index in [1.54, 1.807) is 12.3 Å². The highest BCUT2D eigenvalue weighted by atomic mass is 19.1. The van der Waals surface area contributed by atoms with Crippen molar-refractivity contribution in [2.45, 2.75) is 57.2 Å². The number of nitrogens with zero attached hydrogens (tertiary/aromatic N) is 7. The highest BCUT2D eigenvalue weighted by molar-refractivity contribution is 5.64. The van der Waals surface area contributed by atoms with Crippen LogP contribution in [0.2, 0.25) is 0 Å². The molecule has 2 N–H and O–H groups in total. The average Bonchev–Trinajstić information content (AvgIpc) is 3.52. The van der Waals surface area contributed by atoms with Crippen LogP contribution in [0.3, 0.4) is 0 Å². The predicted octanol–water partition coefficient (Wildman–Crippen LogP) is 3.41. The molecule has 2 aliphatic rings. The summed E-state index contributed by atoms with van der Waals surface area (Å²) in [4.78, 5) is 13.3. The molecule has 190 valence electrons. The average molecular weight is 506 g/mol. The zero-order valence-corrected chi connectivity index (χ0v) is 20.5. The Labute approximate surface area is 211 Å². The molecule has 1 fully saturated rings. The van der Waals surface area contributed by atoms with Crippen molar-refractivity contribution in [3.63, 3.8) is 0 Å². The van der Waals surface area contributed by atoms with Gasteiger partial charge in [0.25, 0.3) is 5.95 Å². The van der Waals surface area contributed by atoms with Crippen molar-refractivity contribution < 1.29 is 19.0 Å². The second kappa shape index (κ2) is 8.15. The lowest BCUT2D eigenvalue weighted by Gasteiger charge is -2.37. The fraction of sp³-hybridized carbons (Fsp3) is 0.385. The third-order valence-electron chi connectivity index (χ3n) is 8.12. The van der Waals surface area contributed by atoms with Gasteiger partial charge in [-0.3, -0.25) is 0 Å². The fourth-order valence-corrected chi connectivity index (χ4v) is 6.18. The van der Waals surface area contributed by atoms with Crippen LogP contribution >= 0.6 is 0 Å². The lowest BCUT2D eigenvalue weighted by atomic mass is 9.66. The lowest BCUT2D eigenvalue weighted by molar-refractivity contribution is 0.0249. The molecule has 0 unspecified atom stereocenters. The lowest BCUT2D eigenvalue weighted by Crippen LogP contribution is -2.38. The van der Waals surface area contributed by atoms with E-state index >= 15 is 0 Å². The number of hydrogen-bond donors (Lipinski definition) is 2. The number of rotatable bonds is 5. The Bertz CT molecular complexity index is 1500. The molecule has 2 aliphatic carbocycles. The van der Waals surface area contributed by atoms with Crippen molar-refractivity contribution in [1.29, 1.82) is 0 Å². The first-order chi connectivity index (χ1) is 17.6. The van der Waals surface area contributed by atoms with Crippen LogP contribution in [0.15, 0.2) is 42.9 Å². The molecule has 3 heterocycles. The normalized spacial score (nSPS) is 23.2. The van der Waals surface area contributed by atoms with Crippen LogP contribution in [-0.2, 0) is 5.41 Å². The van der Waals surface area contributed by atoms with Crippen LogP contribution in [0.1, 0.15) is 68.4 Å². The van der Waals surface area contributed by atoms with Gasteiger partial charge in [-0.15, -0.1) is 10.2 Å². The Kier molecular flexibility index (Phi) is 5.22. The summed E-state index contributed by atoms with van der Waals surface area (Å²) in [6.45, 7) is 5.76. The Balaban J connectivity index is 1.46. The zero-order chi connectivity index (χ0) is 26.1. The van der Waals surface area contributed by atoms with E-state index in [9.17, 15) is 19.0 Å². The summed E-state index contributed by atoms with van der Waals surface area (Å²) in [7, 11) is 0. The number of halogens is 2. The summed E-state index contributed by atoms with van der Waals surface area (Å²) in [5, 5.41) is 32.8. The molecule has 1 aromatic carbocycles. The second-order valence-electron chi connectivity index (χ2n) is 10.3. The van der Waals surface area contributed by atoms with Crippen LogP contribution in [0.4, 0.5) is 8.78 Å². The van der Waals surface area contributed by atoms with Gasteiger partial charge in [0.05, 0.1) is 34.2 Å². The summed E-state index contributed by atoms with van der Waals surface area (Å²) in [5.74, 6) is -0.939. The minimum Gasteiger partial charge on any atom is -0.390 e. The summed E-state index contributed by atoms with van der Waals surface area (Å²) in [6.07, 6.45) is 2.39. The highest BCUT2D eigenvalue weighted by Gasteiger charge is 2.65. The first kappa shape index (κ1) is 23.7. The number of fused-ring (bicyclic) bond motifs is 5. The van der Waals surface area contributed by atoms with E-state index in [0.29, 0.717) is 0 Å². The summed E-state index contributed by atoms with van der Waals surface area (Å²) >= 11 is 0. The minimum atomic E-state index is -1.23. The number of aliphatic hydroxyl groups is 2. The van der Waals surface area contributed by atoms with Crippen molar-refractivity contribution in [3.05, 3.63) is 77.3 Å². The highest BCUT2D eigenvalue weighted by Crippen LogP contribution is 2.69. The van der Waals surface area contributed by atoms with Crippen molar-refractivity contribution in [2.75, 3.05) is 0 Å². The molecule has 37 heavy (non-hydrogen) atoms. The predicted molar refractivity (Wildman–Crippen MR) is 128 cm³/mol. The largest absolute Gasteiger partial charge is 0.390 e. The van der Waals surface area contributed by atoms with E-state index in [2.05, 4.69) is 39.1 Å². The molecule has 0 saturated heterocycles. The minimum absolute atomic E-state index is 0.0633. The summed E-state index contributed by atoms with van der Waals surface area (Å²) in [5.41, 5.74) is 1.50. The molecule has 6 rings (SSSR count). The molecule has 11 heteroatoms. The van der Waals surface area contributed by atoms with Crippen molar-refractivity contribution in [1.82, 2.24) is 34.9 Å². The monoisotopic (exact) mass is 505 g/mol. The maximum Gasteiger partial charge on any atom is 0.252 e. The SMILES string of the molecule is C[C@@H](O)[C@@H](O)c1ncn(-c2nccc([C@@]34CC[C@@H](c5cc(-c6c(F)cccc6F)nnc53)C4(C)C)n2)n1. The summed E-state index contributed by atoms with van der Waals surface area (Å²) in [6, 6.07) is 7.36. The molecule has 0 radical (unpaired) electrons. The van der Waals surface area contributed by atoms with E-state index in [0.717, 1.165) is 29.8 Å². The van der Waals surface area contributed by atoms with E-state index < -0.39 is 29.3 Å². The Hall–Kier alpha value is -3.70. The van der Waals surface area contributed by atoms with Gasteiger partial charge in [-0.25, -0.2) is 23.7 Å². The van der Waals surface area contributed by atoms with E-state index in [1.165, 1.54) is 36.1 Å². The van der Waals surface area contributed by atoms with E-state index in [1.807, 2.05) is 6.07 Å². The Morgan fingerprint density at radius 1 is 1.08 bits per heavy atom. The first-order valence-electron chi connectivity index (χ1n) is 12.1. The van der Waals surface area contributed by atoms with Crippen LogP contribution in [0.5, 0.6) is 0 Å². The van der Waals surface area contributed by atoms with Crippen LogP contribution < -0.4 is 0 Å². The zero-order valence-electron chi connectivity index (χ0n) is 20.5. The molecule has 0 aliphatic heterocycles. The molecule has 4 atom stereocenters. The molecule has 2 bridgehead atoms. The number of aliphatic hydroxyl groups excluding tert-OH is 2. The van der Waals surface area contributed by atoms with E-state index in [-0.39, 0.29) is 34.4 Å². The van der Waals surface area contributed by atoms with Gasteiger partial charge < -0.3 is 10.2 Å². The van der Waals surface area contributed by atoms with Gasteiger partial charge in [0, 0.05) is 6.20 Å². The number of aromatic nitrogens is 7. The van der Waals surface area contributed by atoms with Gasteiger partial charge in [-0.2, -0.15) is 9.78 Å². The van der Waals surface area contributed by atoms with Gasteiger partial charge >= 0.3 is 0 Å². The summed E-state index contributed by atoms with van der Waals surface area (Å²) < 4.78 is 30.4. The molecule has 0 spiro atoms. The van der Waals surface area contributed by atoms with Gasteiger partial charge in [0.2, 0.25) is 0 Å². The Morgan fingerprint density at radius 3 is 2.57 bits per heavy atom. The van der Waals surface area contributed by atoms with Gasteiger partial charge in [0.1, 0.15) is 24.1 Å². The van der Waals surface area contributed by atoms with Crippen molar-refractivity contribution in [3.8, 4) is 17.2 Å². The topological polar surface area (TPSA) is 123 Å².